The van der Waals surface area contributed by atoms with Crippen LogP contribution in [0.2, 0.25) is 5.02 Å². The zero-order valence-electron chi connectivity index (χ0n) is 18.1. The summed E-state index contributed by atoms with van der Waals surface area (Å²) in [5.74, 6) is 0.906. The van der Waals surface area contributed by atoms with Crippen molar-refractivity contribution >= 4 is 23.6 Å². The Hall–Kier alpha value is -2.64. The Bertz CT molecular complexity index is 886. The monoisotopic (exact) mass is 462 g/mol. The summed E-state index contributed by atoms with van der Waals surface area (Å²) in [4.78, 5) is 25.2. The number of nitrogens with zero attached hydrogens (tertiary/aromatic N) is 1. The van der Waals surface area contributed by atoms with Gasteiger partial charge in [0.05, 0.1) is 0 Å². The molecule has 6 nitrogen and oxygen atoms in total. The predicted molar refractivity (Wildman–Crippen MR) is 120 cm³/mol. The van der Waals surface area contributed by atoms with Gasteiger partial charge in [0.15, 0.2) is 0 Å². The molecule has 2 fully saturated rings. The standard InChI is InChI=1S/C16H20ClNO2.C8H8FNO2/c17-15-3-1-12(2-4-15)14-5-8-18(11-14)16(19)13-6-9-20-10-7-13;1-10-8(11)12-7-4-2-6(9)3-5-7/h1-4,13-14H,5-11H2;2-5H,1H3,(H,10,11). The normalized spacial score (nSPS) is 18.5. The number of ether oxygens (including phenoxy) is 2. The number of hydrogen-bond donors (Lipinski definition) is 1. The molecule has 0 bridgehead atoms. The molecule has 0 saturated carbocycles. The highest BCUT2D eigenvalue weighted by molar-refractivity contribution is 6.30. The molecule has 2 aromatic rings. The quantitative estimate of drug-likeness (QED) is 0.722. The molecule has 4 rings (SSSR count). The average Bonchev–Trinajstić information content (AvgIpc) is 3.32. The van der Waals surface area contributed by atoms with Gasteiger partial charge in [-0.3, -0.25) is 4.79 Å². The van der Waals surface area contributed by atoms with Crippen molar-refractivity contribution in [1.82, 2.24) is 10.2 Å². The van der Waals surface area contributed by atoms with Gasteiger partial charge in [-0.25, -0.2) is 9.18 Å². The van der Waals surface area contributed by atoms with Gasteiger partial charge >= 0.3 is 6.09 Å². The third-order valence-corrected chi connectivity index (χ3v) is 5.89. The molecule has 2 aliphatic rings. The van der Waals surface area contributed by atoms with Gasteiger partial charge in [-0.2, -0.15) is 0 Å². The minimum atomic E-state index is -0.568. The van der Waals surface area contributed by atoms with Crippen molar-refractivity contribution in [1.29, 1.82) is 0 Å². The van der Waals surface area contributed by atoms with Gasteiger partial charge in [0.1, 0.15) is 11.6 Å². The van der Waals surface area contributed by atoms with E-state index in [1.54, 1.807) is 0 Å². The highest BCUT2D eigenvalue weighted by atomic mass is 35.5. The van der Waals surface area contributed by atoms with Gasteiger partial charge in [0, 0.05) is 50.2 Å². The molecule has 0 aromatic heterocycles. The van der Waals surface area contributed by atoms with Crippen molar-refractivity contribution in [3.8, 4) is 5.75 Å². The van der Waals surface area contributed by atoms with Crippen LogP contribution in [0.4, 0.5) is 9.18 Å². The topological polar surface area (TPSA) is 67.9 Å². The summed E-state index contributed by atoms with van der Waals surface area (Å²) in [7, 11) is 1.45. The van der Waals surface area contributed by atoms with E-state index in [9.17, 15) is 14.0 Å². The molecule has 1 N–H and O–H groups in total. The fourth-order valence-electron chi connectivity index (χ4n) is 3.83. The number of hydrogen-bond acceptors (Lipinski definition) is 4. The van der Waals surface area contributed by atoms with E-state index in [1.165, 1.54) is 36.9 Å². The lowest BCUT2D eigenvalue weighted by Crippen LogP contribution is -2.36. The average molecular weight is 463 g/mol. The van der Waals surface area contributed by atoms with Crippen molar-refractivity contribution < 1.29 is 23.5 Å². The Morgan fingerprint density at radius 3 is 2.34 bits per heavy atom. The summed E-state index contributed by atoms with van der Waals surface area (Å²) < 4.78 is 22.4. The summed E-state index contributed by atoms with van der Waals surface area (Å²) in [5.41, 5.74) is 1.29. The maximum absolute atomic E-state index is 12.5. The molecule has 1 atom stereocenters. The number of carbonyl (C=O) groups excluding carboxylic acids is 2. The van der Waals surface area contributed by atoms with Crippen molar-refractivity contribution in [3.63, 3.8) is 0 Å². The first-order valence-corrected chi connectivity index (χ1v) is 11.1. The van der Waals surface area contributed by atoms with E-state index in [0.717, 1.165) is 50.6 Å². The molecule has 32 heavy (non-hydrogen) atoms. The molecule has 2 saturated heterocycles. The number of benzene rings is 2. The zero-order valence-corrected chi connectivity index (χ0v) is 18.8. The third-order valence-electron chi connectivity index (χ3n) is 5.64. The zero-order chi connectivity index (χ0) is 22.9. The second-order valence-electron chi connectivity index (χ2n) is 7.80. The molecule has 8 heteroatoms. The Balaban J connectivity index is 0.000000207. The van der Waals surface area contributed by atoms with Gasteiger partial charge in [0.2, 0.25) is 5.91 Å². The number of nitrogens with one attached hydrogen (secondary N) is 1. The van der Waals surface area contributed by atoms with Crippen molar-refractivity contribution in [2.45, 2.75) is 25.2 Å². The highest BCUT2D eigenvalue weighted by Crippen LogP contribution is 2.30. The summed E-state index contributed by atoms with van der Waals surface area (Å²) >= 11 is 5.92. The number of amides is 2. The second-order valence-corrected chi connectivity index (χ2v) is 8.24. The fraction of sp³-hybridized carbons (Fsp3) is 0.417. The Morgan fingerprint density at radius 1 is 1.06 bits per heavy atom. The number of carbonyl (C=O) groups is 2. The first kappa shape index (κ1) is 24.0. The van der Waals surface area contributed by atoms with Crippen molar-refractivity contribution in [2.75, 3.05) is 33.4 Å². The summed E-state index contributed by atoms with van der Waals surface area (Å²) in [6.07, 6.45) is 2.24. The highest BCUT2D eigenvalue weighted by Gasteiger charge is 2.32. The number of rotatable bonds is 3. The lowest BCUT2D eigenvalue weighted by molar-refractivity contribution is -0.137. The number of halogens is 2. The maximum Gasteiger partial charge on any atom is 0.412 e. The van der Waals surface area contributed by atoms with E-state index < -0.39 is 6.09 Å². The van der Waals surface area contributed by atoms with Gasteiger partial charge in [-0.1, -0.05) is 23.7 Å². The van der Waals surface area contributed by atoms with E-state index in [4.69, 9.17) is 21.1 Å². The van der Waals surface area contributed by atoms with Crippen LogP contribution in [0, 0.1) is 11.7 Å². The van der Waals surface area contributed by atoms with Crippen molar-refractivity contribution in [3.05, 3.63) is 64.9 Å². The largest absolute Gasteiger partial charge is 0.412 e. The molecule has 0 aliphatic carbocycles. The lowest BCUT2D eigenvalue weighted by atomic mass is 9.98. The molecule has 2 aromatic carbocycles. The van der Waals surface area contributed by atoms with E-state index in [-0.39, 0.29) is 11.7 Å². The maximum atomic E-state index is 12.5. The molecule has 1 unspecified atom stereocenters. The van der Waals surface area contributed by atoms with E-state index in [0.29, 0.717) is 17.6 Å². The van der Waals surface area contributed by atoms with E-state index in [2.05, 4.69) is 17.4 Å². The minimum Gasteiger partial charge on any atom is -0.410 e. The van der Waals surface area contributed by atoms with Crippen LogP contribution >= 0.6 is 11.6 Å². The van der Waals surface area contributed by atoms with E-state index in [1.807, 2.05) is 17.0 Å². The van der Waals surface area contributed by atoms with E-state index >= 15 is 0 Å². The molecule has 0 spiro atoms. The Kier molecular flexibility index (Phi) is 8.88. The second kappa shape index (κ2) is 11.8. The summed E-state index contributed by atoms with van der Waals surface area (Å²) in [5, 5.41) is 3.04. The van der Waals surface area contributed by atoms with Crippen LogP contribution in [-0.2, 0) is 9.53 Å². The summed E-state index contributed by atoms with van der Waals surface area (Å²) in [6.45, 7) is 3.18. The lowest BCUT2D eigenvalue weighted by Gasteiger charge is -2.26. The smallest absolute Gasteiger partial charge is 0.410 e. The fourth-order valence-corrected chi connectivity index (χ4v) is 3.96. The molecule has 2 aliphatic heterocycles. The van der Waals surface area contributed by atoms with Gasteiger partial charge in [0.25, 0.3) is 0 Å². The Labute approximate surface area is 192 Å². The van der Waals surface area contributed by atoms with Crippen LogP contribution in [0.5, 0.6) is 5.75 Å². The van der Waals surface area contributed by atoms with Crippen molar-refractivity contribution in [2.24, 2.45) is 5.92 Å². The Morgan fingerprint density at radius 2 is 1.72 bits per heavy atom. The predicted octanol–water partition coefficient (Wildman–Crippen LogP) is 4.63. The first-order chi connectivity index (χ1) is 15.5. The van der Waals surface area contributed by atoms with Crippen LogP contribution in [-0.4, -0.2) is 50.3 Å². The minimum absolute atomic E-state index is 0.174. The first-order valence-electron chi connectivity index (χ1n) is 10.7. The number of likely N-dealkylation sites (tertiary alicyclic amines) is 1. The third kappa shape index (κ3) is 6.93. The molecule has 172 valence electrons. The van der Waals surface area contributed by atoms with Gasteiger partial charge < -0.3 is 19.7 Å². The van der Waals surface area contributed by atoms with Gasteiger partial charge in [-0.05, 0) is 61.2 Å². The molecule has 2 amide bonds. The molecule has 0 radical (unpaired) electrons. The molecule has 2 heterocycles. The SMILES string of the molecule is CNC(=O)Oc1ccc(F)cc1.O=C(C1CCOCC1)N1CCC(c2ccc(Cl)cc2)C1. The van der Waals surface area contributed by atoms with Gasteiger partial charge in [-0.15, -0.1) is 0 Å². The van der Waals surface area contributed by atoms with Crippen LogP contribution in [0.3, 0.4) is 0 Å². The van der Waals surface area contributed by atoms with Crippen LogP contribution in [0.15, 0.2) is 48.5 Å². The molecular formula is C24H28ClFN2O4. The van der Waals surface area contributed by atoms with Crippen LogP contribution < -0.4 is 10.1 Å². The van der Waals surface area contributed by atoms with Crippen LogP contribution in [0.1, 0.15) is 30.7 Å². The summed E-state index contributed by atoms with van der Waals surface area (Å²) in [6, 6.07) is 13.2. The molecular weight excluding hydrogens is 435 g/mol. The van der Waals surface area contributed by atoms with Crippen LogP contribution in [0.25, 0.3) is 0 Å².